The van der Waals surface area contributed by atoms with Crippen molar-refractivity contribution in [3.63, 3.8) is 0 Å². The third kappa shape index (κ3) is 10.2. The summed E-state index contributed by atoms with van der Waals surface area (Å²) < 4.78 is 0. The summed E-state index contributed by atoms with van der Waals surface area (Å²) in [6.07, 6.45) is 1.05. The Morgan fingerprint density at radius 2 is 1.57 bits per heavy atom. The predicted molar refractivity (Wildman–Crippen MR) is 118 cm³/mol. The molecule has 0 aliphatic carbocycles. The summed E-state index contributed by atoms with van der Waals surface area (Å²) in [5, 5.41) is 34.1. The first-order valence-corrected chi connectivity index (χ1v) is 10.6. The minimum absolute atomic E-state index is 0.0986. The van der Waals surface area contributed by atoms with Crippen LogP contribution in [-0.4, -0.2) is 85.1 Å². The van der Waals surface area contributed by atoms with Crippen LogP contribution in [0.3, 0.4) is 0 Å². The van der Waals surface area contributed by atoms with E-state index in [9.17, 15) is 33.9 Å². The van der Waals surface area contributed by atoms with Gasteiger partial charge in [0.2, 0.25) is 17.7 Å². The first-order valence-electron chi connectivity index (χ1n) is 10.6. The minimum Gasteiger partial charge on any atom is -0.481 e. The van der Waals surface area contributed by atoms with Gasteiger partial charge in [-0.2, -0.15) is 0 Å². The fourth-order valence-corrected chi connectivity index (χ4v) is 2.96. The second-order valence-electron chi connectivity index (χ2n) is 8.11. The SMILES string of the molecule is CC(C)C(NC(=O)C(CCC(=O)O)NC(=O)C(N)CC(=O)O)C(=O)NC(Cc1cnc[nH]1)C(=O)O. The molecule has 0 aliphatic rings. The van der Waals surface area contributed by atoms with Gasteiger partial charge in [0.25, 0.3) is 0 Å². The van der Waals surface area contributed by atoms with Gasteiger partial charge in [-0.3, -0.25) is 24.0 Å². The molecular formula is C20H30N6O9. The topological polar surface area (TPSA) is 254 Å². The van der Waals surface area contributed by atoms with E-state index in [0.29, 0.717) is 5.69 Å². The lowest BCUT2D eigenvalue weighted by Crippen LogP contribution is -2.58. The van der Waals surface area contributed by atoms with Gasteiger partial charge in [-0.15, -0.1) is 0 Å². The van der Waals surface area contributed by atoms with Crippen molar-refractivity contribution >= 4 is 35.6 Å². The van der Waals surface area contributed by atoms with Gasteiger partial charge in [0.1, 0.15) is 18.1 Å². The molecule has 9 N–H and O–H groups in total. The summed E-state index contributed by atoms with van der Waals surface area (Å²) >= 11 is 0. The lowest BCUT2D eigenvalue weighted by Gasteiger charge is -2.27. The summed E-state index contributed by atoms with van der Waals surface area (Å²) in [5.41, 5.74) is 5.95. The van der Waals surface area contributed by atoms with Gasteiger partial charge in [0.05, 0.1) is 18.8 Å². The van der Waals surface area contributed by atoms with E-state index in [-0.39, 0.29) is 12.8 Å². The average molecular weight is 498 g/mol. The first kappa shape index (κ1) is 29.0. The Morgan fingerprint density at radius 3 is 2.06 bits per heavy atom. The molecule has 1 aromatic rings. The maximum atomic E-state index is 12.8. The summed E-state index contributed by atoms with van der Waals surface area (Å²) in [5.74, 6) is -7.17. The number of nitrogens with zero attached hydrogens (tertiary/aromatic N) is 1. The first-order chi connectivity index (χ1) is 16.3. The molecule has 0 aliphatic heterocycles. The van der Waals surface area contributed by atoms with Crippen LogP contribution >= 0.6 is 0 Å². The number of hydrogen-bond donors (Lipinski definition) is 8. The molecule has 0 aromatic carbocycles. The number of carboxylic acid groups (broad SMARTS) is 3. The molecule has 4 unspecified atom stereocenters. The van der Waals surface area contributed by atoms with Gasteiger partial charge in [-0.25, -0.2) is 9.78 Å². The number of carboxylic acids is 3. The number of rotatable bonds is 15. The number of H-pyrrole nitrogens is 1. The number of imidazole rings is 1. The smallest absolute Gasteiger partial charge is 0.326 e. The third-order valence-corrected chi connectivity index (χ3v) is 4.85. The second-order valence-corrected chi connectivity index (χ2v) is 8.11. The minimum atomic E-state index is -1.49. The van der Waals surface area contributed by atoms with Crippen LogP contribution in [-0.2, 0) is 35.2 Å². The van der Waals surface area contributed by atoms with Gasteiger partial charge >= 0.3 is 17.9 Å². The van der Waals surface area contributed by atoms with Crippen LogP contribution in [0.5, 0.6) is 0 Å². The molecular weight excluding hydrogens is 468 g/mol. The van der Waals surface area contributed by atoms with E-state index in [1.54, 1.807) is 13.8 Å². The van der Waals surface area contributed by atoms with Crippen molar-refractivity contribution < 1.29 is 44.1 Å². The molecule has 15 nitrogen and oxygen atoms in total. The summed E-state index contributed by atoms with van der Waals surface area (Å²) in [7, 11) is 0. The number of nitrogens with two attached hydrogens (primary N) is 1. The molecule has 0 bridgehead atoms. The van der Waals surface area contributed by atoms with E-state index >= 15 is 0 Å². The van der Waals surface area contributed by atoms with E-state index in [1.165, 1.54) is 12.5 Å². The Labute approximate surface area is 199 Å². The number of aromatic amines is 1. The Balaban J connectivity index is 2.96. The Bertz CT molecular complexity index is 918. The van der Waals surface area contributed by atoms with Crippen molar-refractivity contribution in [3.05, 3.63) is 18.2 Å². The fourth-order valence-electron chi connectivity index (χ4n) is 2.96. The quantitative estimate of drug-likeness (QED) is 0.129. The monoisotopic (exact) mass is 498 g/mol. The Hall–Kier alpha value is -4.01. The molecule has 4 atom stereocenters. The molecule has 1 aromatic heterocycles. The maximum Gasteiger partial charge on any atom is 0.326 e. The van der Waals surface area contributed by atoms with Crippen LogP contribution in [0.25, 0.3) is 0 Å². The number of aliphatic carboxylic acids is 3. The Morgan fingerprint density at radius 1 is 0.943 bits per heavy atom. The van der Waals surface area contributed by atoms with Gasteiger partial charge < -0.3 is 42.0 Å². The summed E-state index contributed by atoms with van der Waals surface area (Å²) in [6, 6.07) is -5.50. The van der Waals surface area contributed by atoms with E-state index in [1.807, 2.05) is 0 Å². The van der Waals surface area contributed by atoms with Crippen LogP contribution in [0.15, 0.2) is 12.5 Å². The van der Waals surface area contributed by atoms with E-state index in [2.05, 4.69) is 25.9 Å². The summed E-state index contributed by atoms with van der Waals surface area (Å²) in [4.78, 5) is 77.7. The van der Waals surface area contributed by atoms with E-state index < -0.39 is 78.6 Å². The fraction of sp³-hybridized carbons (Fsp3) is 0.550. The lowest BCUT2D eigenvalue weighted by molar-refractivity contribution is -0.142. The van der Waals surface area contributed by atoms with E-state index in [0.717, 1.165) is 0 Å². The van der Waals surface area contributed by atoms with Crippen LogP contribution in [0, 0.1) is 5.92 Å². The third-order valence-electron chi connectivity index (χ3n) is 4.85. The van der Waals surface area contributed by atoms with Gasteiger partial charge in [0, 0.05) is 24.7 Å². The summed E-state index contributed by atoms with van der Waals surface area (Å²) in [6.45, 7) is 3.17. The van der Waals surface area contributed by atoms with Gasteiger partial charge in [-0.05, 0) is 12.3 Å². The van der Waals surface area contributed by atoms with Crippen LogP contribution < -0.4 is 21.7 Å². The zero-order valence-corrected chi connectivity index (χ0v) is 19.2. The van der Waals surface area contributed by atoms with Gasteiger partial charge in [0.15, 0.2) is 0 Å². The van der Waals surface area contributed by atoms with Crippen LogP contribution in [0.1, 0.15) is 38.8 Å². The average Bonchev–Trinajstić information content (AvgIpc) is 3.26. The number of aromatic nitrogens is 2. The maximum absolute atomic E-state index is 12.8. The number of amides is 3. The molecule has 1 rings (SSSR count). The van der Waals surface area contributed by atoms with Crippen molar-refractivity contribution in [2.75, 3.05) is 0 Å². The number of carbonyl (C=O) groups excluding carboxylic acids is 3. The predicted octanol–water partition coefficient (Wildman–Crippen LogP) is -2.19. The van der Waals surface area contributed by atoms with Crippen molar-refractivity contribution in [3.8, 4) is 0 Å². The molecule has 0 saturated carbocycles. The molecule has 3 amide bonds. The molecule has 194 valence electrons. The van der Waals surface area contributed by atoms with Gasteiger partial charge in [-0.1, -0.05) is 13.8 Å². The second kappa shape index (κ2) is 13.6. The molecule has 15 heteroatoms. The zero-order valence-electron chi connectivity index (χ0n) is 19.2. The van der Waals surface area contributed by atoms with Crippen molar-refractivity contribution in [2.45, 2.75) is 63.7 Å². The van der Waals surface area contributed by atoms with E-state index in [4.69, 9.17) is 15.9 Å². The molecule has 0 fully saturated rings. The molecule has 35 heavy (non-hydrogen) atoms. The zero-order chi connectivity index (χ0) is 26.7. The Kier molecular flexibility index (Phi) is 11.3. The molecule has 0 spiro atoms. The molecule has 0 saturated heterocycles. The normalized spacial score (nSPS) is 14.3. The number of hydrogen-bond acceptors (Lipinski definition) is 8. The van der Waals surface area contributed by atoms with Crippen LogP contribution in [0.2, 0.25) is 0 Å². The highest BCUT2D eigenvalue weighted by molar-refractivity contribution is 5.95. The van der Waals surface area contributed by atoms with Crippen LogP contribution in [0.4, 0.5) is 0 Å². The molecule has 1 heterocycles. The highest BCUT2D eigenvalue weighted by Gasteiger charge is 2.32. The number of carbonyl (C=O) groups is 6. The van der Waals surface area contributed by atoms with Crippen molar-refractivity contribution in [2.24, 2.45) is 11.7 Å². The molecule has 0 radical (unpaired) electrons. The lowest BCUT2D eigenvalue weighted by atomic mass is 10.0. The standard InChI is InChI=1S/C20H30N6O9/c1-9(2)16(19(33)25-13(20(34)35)5-10-7-22-8-23-10)26-18(32)12(3-4-14(27)28)24-17(31)11(21)6-15(29)30/h7-9,11-13,16H,3-6,21H2,1-2H3,(H,22,23)(H,24,31)(H,25,33)(H,26,32)(H,27,28)(H,29,30)(H,34,35). The highest BCUT2D eigenvalue weighted by Crippen LogP contribution is 2.07. The van der Waals surface area contributed by atoms with Crippen molar-refractivity contribution in [1.29, 1.82) is 0 Å². The van der Waals surface area contributed by atoms with Crippen molar-refractivity contribution in [1.82, 2.24) is 25.9 Å². The highest BCUT2D eigenvalue weighted by atomic mass is 16.4. The number of nitrogens with one attached hydrogen (secondary N) is 4. The largest absolute Gasteiger partial charge is 0.481 e.